The number of aliphatic carboxylic acids is 1. The van der Waals surface area contributed by atoms with E-state index in [1.807, 2.05) is 22.6 Å². The summed E-state index contributed by atoms with van der Waals surface area (Å²) in [6, 6.07) is 9.89. The van der Waals surface area contributed by atoms with Crippen molar-refractivity contribution in [1.29, 1.82) is 0 Å². The molecule has 1 amide bonds. The van der Waals surface area contributed by atoms with Crippen LogP contribution in [0.1, 0.15) is 21.5 Å². The molecule has 0 heterocycles. The molecule has 0 saturated heterocycles. The first-order valence-electron chi connectivity index (χ1n) is 7.13. The molecular weight excluding hydrogens is 450 g/mol. The molecule has 0 spiro atoms. The maximum atomic E-state index is 13.0. The molecule has 1 atom stereocenters. The van der Waals surface area contributed by atoms with Gasteiger partial charge in [-0.25, -0.2) is 4.79 Å². The zero-order valence-electron chi connectivity index (χ0n) is 12.7. The number of halogens is 4. The molecule has 0 fully saturated rings. The molecule has 0 saturated carbocycles. The number of nitrogens with one attached hydrogen (secondary N) is 1. The molecule has 2 N–H and O–H groups in total. The summed E-state index contributed by atoms with van der Waals surface area (Å²) in [5.41, 5.74) is -1.03. The van der Waals surface area contributed by atoms with E-state index in [0.29, 0.717) is 5.56 Å². The number of benzene rings is 2. The number of carboxylic acids is 1. The lowest BCUT2D eigenvalue weighted by molar-refractivity contribution is -0.139. The van der Waals surface area contributed by atoms with E-state index in [9.17, 15) is 27.9 Å². The lowest BCUT2D eigenvalue weighted by atomic mass is 10.0. The van der Waals surface area contributed by atoms with Crippen LogP contribution >= 0.6 is 22.6 Å². The Kier molecular flexibility index (Phi) is 6.04. The molecule has 0 bridgehead atoms. The zero-order valence-corrected chi connectivity index (χ0v) is 14.8. The second-order valence-corrected chi connectivity index (χ2v) is 6.37. The molecule has 4 nitrogen and oxygen atoms in total. The summed E-state index contributed by atoms with van der Waals surface area (Å²) in [6.45, 7) is 0. The van der Waals surface area contributed by atoms with Crippen LogP contribution in [0.15, 0.2) is 48.5 Å². The van der Waals surface area contributed by atoms with E-state index in [1.165, 1.54) is 12.1 Å². The average Bonchev–Trinajstić information content (AvgIpc) is 2.55. The highest BCUT2D eigenvalue weighted by molar-refractivity contribution is 14.1. The van der Waals surface area contributed by atoms with Crippen LogP contribution in [0.3, 0.4) is 0 Å². The van der Waals surface area contributed by atoms with Crippen molar-refractivity contribution in [2.45, 2.75) is 18.6 Å². The third kappa shape index (κ3) is 4.94. The number of rotatable bonds is 5. The van der Waals surface area contributed by atoms with Crippen LogP contribution in [0.5, 0.6) is 0 Å². The standard InChI is InChI=1S/C17H13F3INO3/c18-17(19,20)12-7-3-2-6-11(12)15(23)22-14(16(24)25)9-10-5-1-4-8-13(10)21/h1-8,14H,9H2,(H,22,23)(H,24,25)/t14-/m1/s1. The molecule has 2 aromatic carbocycles. The summed E-state index contributed by atoms with van der Waals surface area (Å²) in [5, 5.41) is 11.5. The van der Waals surface area contributed by atoms with Crippen molar-refractivity contribution in [2.24, 2.45) is 0 Å². The first-order valence-corrected chi connectivity index (χ1v) is 8.21. The van der Waals surface area contributed by atoms with E-state index >= 15 is 0 Å². The highest BCUT2D eigenvalue weighted by Gasteiger charge is 2.35. The predicted molar refractivity (Wildman–Crippen MR) is 93.2 cm³/mol. The first-order chi connectivity index (χ1) is 11.7. The maximum Gasteiger partial charge on any atom is 0.417 e. The van der Waals surface area contributed by atoms with Gasteiger partial charge in [-0.3, -0.25) is 4.79 Å². The summed E-state index contributed by atoms with van der Waals surface area (Å²) >= 11 is 2.02. The molecule has 2 aromatic rings. The Morgan fingerprint density at radius 1 is 1.08 bits per heavy atom. The van der Waals surface area contributed by atoms with Crippen LogP contribution in [0, 0.1) is 3.57 Å². The van der Waals surface area contributed by atoms with Crippen LogP contribution in [-0.4, -0.2) is 23.0 Å². The Labute approximate surface area is 155 Å². The molecule has 0 aromatic heterocycles. The number of carboxylic acid groups (broad SMARTS) is 1. The molecule has 0 unspecified atom stereocenters. The Hall–Kier alpha value is -2.10. The second-order valence-electron chi connectivity index (χ2n) is 5.20. The highest BCUT2D eigenvalue weighted by atomic mass is 127. The molecule has 25 heavy (non-hydrogen) atoms. The Bertz CT molecular complexity index is 793. The van der Waals surface area contributed by atoms with E-state index in [2.05, 4.69) is 5.32 Å². The van der Waals surface area contributed by atoms with Gasteiger partial charge in [-0.1, -0.05) is 30.3 Å². The topological polar surface area (TPSA) is 66.4 Å². The largest absolute Gasteiger partial charge is 0.480 e. The van der Waals surface area contributed by atoms with Crippen molar-refractivity contribution in [2.75, 3.05) is 0 Å². The van der Waals surface area contributed by atoms with Gasteiger partial charge in [-0.15, -0.1) is 0 Å². The molecule has 132 valence electrons. The van der Waals surface area contributed by atoms with Crippen molar-refractivity contribution >= 4 is 34.5 Å². The van der Waals surface area contributed by atoms with Crippen LogP contribution in [0.25, 0.3) is 0 Å². The average molecular weight is 463 g/mol. The van der Waals surface area contributed by atoms with Crippen molar-refractivity contribution in [3.05, 3.63) is 68.8 Å². The van der Waals surface area contributed by atoms with Gasteiger partial charge in [0.25, 0.3) is 5.91 Å². The van der Waals surface area contributed by atoms with E-state index < -0.39 is 35.2 Å². The fourth-order valence-electron chi connectivity index (χ4n) is 2.25. The molecular formula is C17H13F3INO3. The number of carbonyl (C=O) groups is 2. The predicted octanol–water partition coefficient (Wildman–Crippen LogP) is 3.74. The summed E-state index contributed by atoms with van der Waals surface area (Å²) in [5.74, 6) is -2.40. The molecule has 2 rings (SSSR count). The van der Waals surface area contributed by atoms with Gasteiger partial charge in [0.1, 0.15) is 6.04 Å². The smallest absolute Gasteiger partial charge is 0.417 e. The minimum Gasteiger partial charge on any atom is -0.480 e. The van der Waals surface area contributed by atoms with E-state index in [1.54, 1.807) is 24.3 Å². The summed E-state index contributed by atoms with van der Waals surface area (Å²) < 4.78 is 39.8. The van der Waals surface area contributed by atoms with Crippen LogP contribution in [-0.2, 0) is 17.4 Å². The summed E-state index contributed by atoms with van der Waals surface area (Å²) in [6.07, 6.45) is -4.74. The number of carbonyl (C=O) groups excluding carboxylic acids is 1. The van der Waals surface area contributed by atoms with Gasteiger partial charge in [-0.05, 0) is 46.4 Å². The maximum absolute atomic E-state index is 13.0. The van der Waals surface area contributed by atoms with Gasteiger partial charge in [0, 0.05) is 9.99 Å². The lowest BCUT2D eigenvalue weighted by Crippen LogP contribution is -2.43. The van der Waals surface area contributed by atoms with Crippen LogP contribution < -0.4 is 5.32 Å². The van der Waals surface area contributed by atoms with Crippen molar-refractivity contribution in [1.82, 2.24) is 5.32 Å². The van der Waals surface area contributed by atoms with Gasteiger partial charge in [0.15, 0.2) is 0 Å². The molecule has 0 aliphatic heterocycles. The van der Waals surface area contributed by atoms with Gasteiger partial charge < -0.3 is 10.4 Å². The highest BCUT2D eigenvalue weighted by Crippen LogP contribution is 2.31. The SMILES string of the molecule is O=C(N[C@H](Cc1ccccc1I)C(=O)O)c1ccccc1C(F)(F)F. The van der Waals surface area contributed by atoms with Gasteiger partial charge >= 0.3 is 12.1 Å². The van der Waals surface area contributed by atoms with E-state index in [-0.39, 0.29) is 6.42 Å². The van der Waals surface area contributed by atoms with E-state index in [4.69, 9.17) is 0 Å². The van der Waals surface area contributed by atoms with Gasteiger partial charge in [-0.2, -0.15) is 13.2 Å². The Balaban J connectivity index is 2.25. The summed E-state index contributed by atoms with van der Waals surface area (Å²) in [7, 11) is 0. The normalized spacial score (nSPS) is 12.5. The van der Waals surface area contributed by atoms with Crippen molar-refractivity contribution in [3.8, 4) is 0 Å². The molecule has 0 aliphatic rings. The van der Waals surface area contributed by atoms with Crippen LogP contribution in [0.2, 0.25) is 0 Å². The Morgan fingerprint density at radius 2 is 1.68 bits per heavy atom. The van der Waals surface area contributed by atoms with Crippen molar-refractivity contribution in [3.63, 3.8) is 0 Å². The second kappa shape index (κ2) is 7.85. The summed E-state index contributed by atoms with van der Waals surface area (Å²) in [4.78, 5) is 23.7. The Morgan fingerprint density at radius 3 is 2.28 bits per heavy atom. The zero-order chi connectivity index (χ0) is 18.6. The third-order valence-corrected chi connectivity index (χ3v) is 4.51. The minimum absolute atomic E-state index is 0.0334. The number of amides is 1. The molecule has 8 heteroatoms. The first kappa shape index (κ1) is 19.2. The molecule has 0 aliphatic carbocycles. The quantitative estimate of drug-likeness (QED) is 0.665. The van der Waals surface area contributed by atoms with Gasteiger partial charge in [0.2, 0.25) is 0 Å². The van der Waals surface area contributed by atoms with E-state index in [0.717, 1.165) is 15.7 Å². The fourth-order valence-corrected chi connectivity index (χ4v) is 2.86. The van der Waals surface area contributed by atoms with Crippen LogP contribution in [0.4, 0.5) is 13.2 Å². The monoisotopic (exact) mass is 463 g/mol. The minimum atomic E-state index is -4.71. The number of alkyl halides is 3. The van der Waals surface area contributed by atoms with Crippen molar-refractivity contribution < 1.29 is 27.9 Å². The number of hydrogen-bond donors (Lipinski definition) is 2. The molecule has 0 radical (unpaired) electrons. The van der Waals surface area contributed by atoms with Gasteiger partial charge in [0.05, 0.1) is 11.1 Å². The lowest BCUT2D eigenvalue weighted by Gasteiger charge is -2.17. The fraction of sp³-hybridized carbons (Fsp3) is 0.176. The number of hydrogen-bond acceptors (Lipinski definition) is 2. The third-order valence-electron chi connectivity index (χ3n) is 3.46.